The van der Waals surface area contributed by atoms with Crippen LogP contribution >= 0.6 is 11.8 Å². The van der Waals surface area contributed by atoms with Crippen molar-refractivity contribution < 1.29 is 9.47 Å². The Hall–Kier alpha value is -3.10. The monoisotopic (exact) mass is 462 g/mol. The van der Waals surface area contributed by atoms with E-state index in [9.17, 15) is 4.79 Å². The largest absolute Gasteiger partial charge is 0.493 e. The second kappa shape index (κ2) is 9.80. The normalized spacial score (nSPS) is 18.5. The van der Waals surface area contributed by atoms with Crippen LogP contribution < -0.4 is 16.0 Å². The standard InChI is InChI=1S/C25H26N4O3S/c26-19(8-10-27-24-3-1-2-11-32-24)16-29-25(30)22-6-4-20(14-18(22)15-28-29)33-21-5-7-23-17(13-21)9-12-31-23/h4-8,10,13-15,24H,1-3,9,11-12,16,26H2/b19-8-,27-10+. The lowest BCUT2D eigenvalue weighted by Gasteiger charge is -2.18. The third-order valence-corrected chi connectivity index (χ3v) is 6.73. The van der Waals surface area contributed by atoms with Gasteiger partial charge in [0.25, 0.3) is 5.56 Å². The van der Waals surface area contributed by atoms with Crippen molar-refractivity contribution in [1.29, 1.82) is 0 Å². The maximum absolute atomic E-state index is 12.9. The molecule has 1 aromatic heterocycles. The van der Waals surface area contributed by atoms with E-state index in [2.05, 4.69) is 22.2 Å². The number of nitrogens with two attached hydrogens (primary N) is 1. The highest BCUT2D eigenvalue weighted by molar-refractivity contribution is 7.99. The van der Waals surface area contributed by atoms with E-state index < -0.39 is 0 Å². The van der Waals surface area contributed by atoms with Crippen LogP contribution in [0.1, 0.15) is 24.8 Å². The summed E-state index contributed by atoms with van der Waals surface area (Å²) in [6, 6.07) is 12.1. The van der Waals surface area contributed by atoms with Crippen molar-refractivity contribution >= 4 is 28.7 Å². The Morgan fingerprint density at radius 3 is 2.97 bits per heavy atom. The molecule has 0 aliphatic carbocycles. The lowest BCUT2D eigenvalue weighted by molar-refractivity contribution is 0.0227. The topological polar surface area (TPSA) is 91.7 Å². The van der Waals surface area contributed by atoms with Crippen molar-refractivity contribution in [1.82, 2.24) is 9.78 Å². The molecule has 0 saturated carbocycles. The summed E-state index contributed by atoms with van der Waals surface area (Å²) < 4.78 is 12.5. The minimum Gasteiger partial charge on any atom is -0.493 e. The van der Waals surface area contributed by atoms with Gasteiger partial charge in [0.2, 0.25) is 0 Å². The molecule has 7 nitrogen and oxygen atoms in total. The van der Waals surface area contributed by atoms with Crippen molar-refractivity contribution in [2.75, 3.05) is 13.2 Å². The molecule has 0 spiro atoms. The molecule has 8 heteroatoms. The van der Waals surface area contributed by atoms with Gasteiger partial charge in [0.15, 0.2) is 0 Å². The van der Waals surface area contributed by atoms with E-state index in [0.29, 0.717) is 11.1 Å². The second-order valence-electron chi connectivity index (χ2n) is 8.19. The fourth-order valence-corrected chi connectivity index (χ4v) is 4.94. The van der Waals surface area contributed by atoms with Crippen molar-refractivity contribution in [2.45, 2.75) is 48.2 Å². The Morgan fingerprint density at radius 1 is 1.21 bits per heavy atom. The molecule has 33 heavy (non-hydrogen) atoms. The Morgan fingerprint density at radius 2 is 2.09 bits per heavy atom. The molecule has 0 radical (unpaired) electrons. The number of fused-ring (bicyclic) bond motifs is 2. The lowest BCUT2D eigenvalue weighted by atomic mass is 10.2. The van der Waals surface area contributed by atoms with Gasteiger partial charge in [-0.05, 0) is 67.3 Å². The summed E-state index contributed by atoms with van der Waals surface area (Å²) >= 11 is 1.66. The molecular weight excluding hydrogens is 436 g/mol. The fraction of sp³-hybridized carbons (Fsp3) is 0.320. The summed E-state index contributed by atoms with van der Waals surface area (Å²) in [6.45, 7) is 1.71. The SMILES string of the molecule is N/C(=C\C=N\C1CCCCO1)Cn1ncc2cc(Sc3ccc4c(c3)CCO4)ccc2c1=O. The zero-order valence-electron chi connectivity index (χ0n) is 18.3. The number of aliphatic imine (C=N–C) groups is 1. The van der Waals surface area contributed by atoms with Crippen LogP contribution in [0, 0.1) is 0 Å². The quantitative estimate of drug-likeness (QED) is 0.558. The second-order valence-corrected chi connectivity index (χ2v) is 9.33. The molecule has 1 unspecified atom stereocenters. The zero-order chi connectivity index (χ0) is 22.6. The van der Waals surface area contributed by atoms with Gasteiger partial charge in [0, 0.05) is 40.1 Å². The first-order valence-electron chi connectivity index (χ1n) is 11.2. The van der Waals surface area contributed by atoms with E-state index in [4.69, 9.17) is 15.2 Å². The van der Waals surface area contributed by atoms with Gasteiger partial charge >= 0.3 is 0 Å². The van der Waals surface area contributed by atoms with E-state index in [1.807, 2.05) is 24.3 Å². The molecular formula is C25H26N4O3S. The predicted molar refractivity (Wildman–Crippen MR) is 130 cm³/mol. The van der Waals surface area contributed by atoms with E-state index in [-0.39, 0.29) is 18.3 Å². The Labute approximate surface area is 196 Å². The molecule has 2 aromatic carbocycles. The minimum absolute atomic E-state index is 0.0958. The first-order chi connectivity index (χ1) is 16.2. The van der Waals surface area contributed by atoms with Gasteiger partial charge in [0.1, 0.15) is 12.0 Å². The van der Waals surface area contributed by atoms with E-state index in [0.717, 1.165) is 59.8 Å². The lowest BCUT2D eigenvalue weighted by Crippen LogP contribution is -2.25. The summed E-state index contributed by atoms with van der Waals surface area (Å²) in [4.78, 5) is 19.5. The van der Waals surface area contributed by atoms with Gasteiger partial charge in [-0.25, -0.2) is 4.68 Å². The number of hydrogen-bond donors (Lipinski definition) is 1. The average Bonchev–Trinajstić information content (AvgIpc) is 3.30. The van der Waals surface area contributed by atoms with E-state index >= 15 is 0 Å². The first kappa shape index (κ1) is 21.7. The number of rotatable bonds is 6. The summed E-state index contributed by atoms with van der Waals surface area (Å²) in [6.07, 6.45) is 9.07. The molecule has 3 heterocycles. The maximum atomic E-state index is 12.9. The molecule has 2 aliphatic heterocycles. The third kappa shape index (κ3) is 5.12. The number of aromatic nitrogens is 2. The van der Waals surface area contributed by atoms with Gasteiger partial charge in [-0.3, -0.25) is 9.79 Å². The molecule has 3 aromatic rings. The average molecular weight is 463 g/mol. The molecule has 1 atom stereocenters. The Bertz CT molecular complexity index is 1280. The highest BCUT2D eigenvalue weighted by Crippen LogP contribution is 2.34. The van der Waals surface area contributed by atoms with Crippen LogP contribution in [0.15, 0.2) is 73.9 Å². The van der Waals surface area contributed by atoms with E-state index in [1.54, 1.807) is 30.2 Å². The summed E-state index contributed by atoms with van der Waals surface area (Å²) in [7, 11) is 0. The molecule has 1 fully saturated rings. The van der Waals surface area contributed by atoms with Gasteiger partial charge in [-0.2, -0.15) is 5.10 Å². The van der Waals surface area contributed by atoms with Crippen molar-refractivity contribution in [3.63, 3.8) is 0 Å². The summed E-state index contributed by atoms with van der Waals surface area (Å²) in [5.74, 6) is 0.976. The first-order valence-corrected chi connectivity index (χ1v) is 12.0. The van der Waals surface area contributed by atoms with Crippen LogP contribution in [0.4, 0.5) is 0 Å². The number of allylic oxidation sites excluding steroid dienone is 2. The van der Waals surface area contributed by atoms with Gasteiger partial charge in [0.05, 0.1) is 24.7 Å². The maximum Gasteiger partial charge on any atom is 0.274 e. The number of ether oxygens (including phenoxy) is 2. The highest BCUT2D eigenvalue weighted by Gasteiger charge is 2.13. The molecule has 2 N–H and O–H groups in total. The van der Waals surface area contributed by atoms with Crippen molar-refractivity contribution in [3.05, 3.63) is 70.3 Å². The molecule has 2 aliphatic rings. The molecule has 5 rings (SSSR count). The number of nitrogens with zero attached hydrogens (tertiary/aromatic N) is 3. The minimum atomic E-state index is -0.164. The van der Waals surface area contributed by atoms with Crippen LogP contribution in [0.5, 0.6) is 5.75 Å². The van der Waals surface area contributed by atoms with Gasteiger partial charge < -0.3 is 15.2 Å². The molecule has 0 bridgehead atoms. The fourth-order valence-electron chi connectivity index (χ4n) is 4.01. The zero-order valence-corrected chi connectivity index (χ0v) is 19.1. The molecule has 170 valence electrons. The third-order valence-electron chi connectivity index (χ3n) is 5.75. The number of hydrogen-bond acceptors (Lipinski definition) is 7. The van der Waals surface area contributed by atoms with Crippen LogP contribution in [0.2, 0.25) is 0 Å². The van der Waals surface area contributed by atoms with E-state index in [1.165, 1.54) is 10.2 Å². The van der Waals surface area contributed by atoms with Crippen molar-refractivity contribution in [2.24, 2.45) is 10.7 Å². The highest BCUT2D eigenvalue weighted by atomic mass is 32.2. The summed E-state index contributed by atoms with van der Waals surface area (Å²) in [5.41, 5.74) is 7.69. The van der Waals surface area contributed by atoms with Gasteiger partial charge in [-0.1, -0.05) is 11.8 Å². The van der Waals surface area contributed by atoms with Crippen LogP contribution in [0.25, 0.3) is 10.8 Å². The van der Waals surface area contributed by atoms with Crippen LogP contribution in [-0.2, 0) is 17.7 Å². The molecule has 0 amide bonds. The Kier molecular flexibility index (Phi) is 6.46. The Balaban J connectivity index is 1.29. The predicted octanol–water partition coefficient (Wildman–Crippen LogP) is 3.92. The van der Waals surface area contributed by atoms with Crippen LogP contribution in [-0.4, -0.2) is 35.4 Å². The number of benzene rings is 2. The smallest absolute Gasteiger partial charge is 0.274 e. The summed E-state index contributed by atoms with van der Waals surface area (Å²) in [5, 5.41) is 5.76. The van der Waals surface area contributed by atoms with Crippen molar-refractivity contribution in [3.8, 4) is 5.75 Å². The van der Waals surface area contributed by atoms with Crippen LogP contribution in [0.3, 0.4) is 0 Å². The van der Waals surface area contributed by atoms with Gasteiger partial charge in [-0.15, -0.1) is 0 Å². The molecule has 1 saturated heterocycles.